The van der Waals surface area contributed by atoms with Crippen LogP contribution in [0.25, 0.3) is 0 Å². The Kier molecular flexibility index (Phi) is 4.55. The molecule has 0 saturated carbocycles. The van der Waals surface area contributed by atoms with E-state index in [1.54, 1.807) is 0 Å². The van der Waals surface area contributed by atoms with E-state index in [0.717, 1.165) is 4.64 Å². The Hall–Kier alpha value is 1.000. The zero-order valence-corrected chi connectivity index (χ0v) is 8.82. The van der Waals surface area contributed by atoms with E-state index in [4.69, 9.17) is 28.5 Å². The third kappa shape index (κ3) is 3.41. The fourth-order valence-corrected chi connectivity index (χ4v) is 0.796. The molecule has 3 N–H and O–H groups in total. The van der Waals surface area contributed by atoms with Crippen molar-refractivity contribution in [2.24, 2.45) is 0 Å². The van der Waals surface area contributed by atoms with E-state index in [-0.39, 0.29) is 31.0 Å². The maximum Gasteiger partial charge on any atom is 1.00 e. The minimum atomic E-state index is -1.58. The van der Waals surface area contributed by atoms with Gasteiger partial charge in [-0.3, -0.25) is 5.43 Å². The number of alkyl halides is 1. The van der Waals surface area contributed by atoms with E-state index in [0.29, 0.717) is 0 Å². The van der Waals surface area contributed by atoms with Crippen LogP contribution in [-0.2, 0) is 0 Å². The van der Waals surface area contributed by atoms with Gasteiger partial charge in [0.25, 0.3) is 0 Å². The van der Waals surface area contributed by atoms with Crippen molar-refractivity contribution in [3.8, 4) is 0 Å². The predicted octanol–water partition coefficient (Wildman–Crippen LogP) is -3.02. The maximum absolute atomic E-state index is 8.95. The van der Waals surface area contributed by atoms with E-state index in [1.165, 1.54) is 12.3 Å². The van der Waals surface area contributed by atoms with Crippen molar-refractivity contribution in [1.29, 1.82) is 0 Å². The second-order valence-electron chi connectivity index (χ2n) is 1.53. The number of hydrogen-bond acceptors (Lipinski definition) is 4. The summed E-state index contributed by atoms with van der Waals surface area (Å²) in [6.45, 7) is 0. The standard InChI is InChI=1S/C3H5Cl2N3O.Na.H/c4-3(9)1-2-6-8(5)7-3;;/h1-2,6-7,9H;;/q;+1;-1. The second-order valence-corrected chi connectivity index (χ2v) is 2.44. The molecular formula is C3H6Cl2N3NaO. The predicted molar refractivity (Wildman–Crippen MR) is 35.0 cm³/mol. The fourth-order valence-electron chi connectivity index (χ4n) is 0.420. The fraction of sp³-hybridized carbons (Fsp3) is 0.333. The first kappa shape index (κ1) is 11.0. The molecule has 1 aliphatic heterocycles. The zero-order valence-electron chi connectivity index (χ0n) is 6.31. The molecule has 1 unspecified atom stereocenters. The van der Waals surface area contributed by atoms with Gasteiger partial charge in [-0.15, -0.1) is 0 Å². The SMILES string of the molecule is OC1(Cl)C=CNN(Cl)N1.[H-].[Na+]. The summed E-state index contributed by atoms with van der Waals surface area (Å²) in [6, 6.07) is 0. The Morgan fingerprint density at radius 1 is 1.70 bits per heavy atom. The van der Waals surface area contributed by atoms with Crippen molar-refractivity contribution in [3.63, 3.8) is 0 Å². The molecule has 0 saturated heterocycles. The number of hydrazine groups is 2. The molecule has 1 heterocycles. The summed E-state index contributed by atoms with van der Waals surface area (Å²) in [7, 11) is 0. The van der Waals surface area contributed by atoms with Crippen molar-refractivity contribution < 1.29 is 36.1 Å². The van der Waals surface area contributed by atoms with Crippen LogP contribution >= 0.6 is 23.4 Å². The van der Waals surface area contributed by atoms with Crippen molar-refractivity contribution >= 4 is 23.4 Å². The molecule has 0 aliphatic carbocycles. The van der Waals surface area contributed by atoms with Crippen LogP contribution in [0.5, 0.6) is 0 Å². The molecule has 1 atom stereocenters. The summed E-state index contributed by atoms with van der Waals surface area (Å²) in [5.41, 5.74) is 4.78. The number of nitrogens with one attached hydrogen (secondary N) is 2. The molecule has 0 amide bonds. The van der Waals surface area contributed by atoms with E-state index in [1.807, 2.05) is 0 Å². The molecule has 4 nitrogen and oxygen atoms in total. The normalized spacial score (nSPS) is 32.7. The third-order valence-corrected chi connectivity index (χ3v) is 1.14. The Morgan fingerprint density at radius 2 is 2.30 bits per heavy atom. The molecule has 1 rings (SSSR count). The Balaban J connectivity index is 0. The first-order chi connectivity index (χ1) is 4.10. The summed E-state index contributed by atoms with van der Waals surface area (Å²) < 4.78 is 0.924. The van der Waals surface area contributed by atoms with E-state index in [9.17, 15) is 0 Å². The number of nitrogens with zero attached hydrogens (tertiary/aromatic N) is 1. The van der Waals surface area contributed by atoms with Gasteiger partial charge in [-0.25, -0.2) is 0 Å². The van der Waals surface area contributed by atoms with Crippen LogP contribution in [0.2, 0.25) is 0 Å². The summed E-state index contributed by atoms with van der Waals surface area (Å²) in [5, 5.41) is 7.37. The minimum Gasteiger partial charge on any atom is -1.00 e. The maximum atomic E-state index is 8.95. The molecule has 0 radical (unpaired) electrons. The van der Waals surface area contributed by atoms with Gasteiger partial charge in [0.1, 0.15) is 0 Å². The Labute approximate surface area is 92.0 Å². The van der Waals surface area contributed by atoms with Crippen LogP contribution in [0.3, 0.4) is 0 Å². The Bertz CT molecular complexity index is 147. The smallest absolute Gasteiger partial charge is 1.00 e. The van der Waals surface area contributed by atoms with Crippen molar-refractivity contribution in [1.82, 2.24) is 15.5 Å². The van der Waals surface area contributed by atoms with Gasteiger partial charge in [0, 0.05) is 18.0 Å². The van der Waals surface area contributed by atoms with Crippen LogP contribution in [0.4, 0.5) is 0 Å². The molecule has 0 spiro atoms. The summed E-state index contributed by atoms with van der Waals surface area (Å²) >= 11 is 10.7. The van der Waals surface area contributed by atoms with Crippen LogP contribution < -0.4 is 40.4 Å². The molecule has 0 fully saturated rings. The molecule has 0 aromatic heterocycles. The number of hydrogen-bond donors (Lipinski definition) is 3. The molecule has 0 bridgehead atoms. The van der Waals surface area contributed by atoms with Gasteiger partial charge in [0.05, 0.1) is 0 Å². The largest absolute Gasteiger partial charge is 1.00 e. The number of halogens is 2. The zero-order chi connectivity index (χ0) is 6.91. The average molecular weight is 194 g/mol. The quantitative estimate of drug-likeness (QED) is 0.166. The third-order valence-electron chi connectivity index (χ3n) is 0.747. The molecular weight excluding hydrogens is 188 g/mol. The van der Waals surface area contributed by atoms with Crippen LogP contribution in [0, 0.1) is 0 Å². The molecule has 10 heavy (non-hydrogen) atoms. The molecule has 0 aromatic rings. The summed E-state index contributed by atoms with van der Waals surface area (Å²) in [6.07, 6.45) is 2.73. The van der Waals surface area contributed by atoms with Crippen LogP contribution in [0.15, 0.2) is 12.3 Å². The minimum absolute atomic E-state index is 0. The van der Waals surface area contributed by atoms with Crippen LogP contribution in [-0.4, -0.2) is 14.9 Å². The topological polar surface area (TPSA) is 47.5 Å². The van der Waals surface area contributed by atoms with Crippen molar-refractivity contribution in [3.05, 3.63) is 12.3 Å². The Morgan fingerprint density at radius 3 is 2.60 bits per heavy atom. The molecule has 54 valence electrons. The molecule has 7 heteroatoms. The second kappa shape index (κ2) is 4.13. The van der Waals surface area contributed by atoms with Crippen molar-refractivity contribution in [2.75, 3.05) is 0 Å². The van der Waals surface area contributed by atoms with Gasteiger partial charge in [-0.2, -0.15) is 5.43 Å². The van der Waals surface area contributed by atoms with E-state index in [2.05, 4.69) is 10.9 Å². The summed E-state index contributed by atoms with van der Waals surface area (Å²) in [5.74, 6) is 0. The van der Waals surface area contributed by atoms with Gasteiger partial charge in [0.15, 0.2) is 0 Å². The van der Waals surface area contributed by atoms with Gasteiger partial charge in [-0.05, 0) is 6.08 Å². The number of aliphatic hydroxyl groups is 1. The summed E-state index contributed by atoms with van der Waals surface area (Å²) in [4.78, 5) is 0. The molecule has 1 aliphatic rings. The van der Waals surface area contributed by atoms with Crippen LogP contribution in [0.1, 0.15) is 1.43 Å². The monoisotopic (exact) mass is 193 g/mol. The first-order valence-electron chi connectivity index (χ1n) is 2.19. The van der Waals surface area contributed by atoms with Gasteiger partial charge in [-0.1, -0.05) is 16.2 Å². The first-order valence-corrected chi connectivity index (χ1v) is 2.91. The van der Waals surface area contributed by atoms with E-state index >= 15 is 0 Å². The molecule has 0 aromatic carbocycles. The van der Waals surface area contributed by atoms with E-state index < -0.39 is 5.18 Å². The van der Waals surface area contributed by atoms with Crippen molar-refractivity contribution in [2.45, 2.75) is 5.18 Å². The number of rotatable bonds is 0. The van der Waals surface area contributed by atoms with Gasteiger partial charge in [0.2, 0.25) is 5.18 Å². The van der Waals surface area contributed by atoms with Gasteiger partial charge < -0.3 is 6.53 Å². The van der Waals surface area contributed by atoms with Gasteiger partial charge >= 0.3 is 29.6 Å². The average Bonchev–Trinajstić information content (AvgIpc) is 1.60.